The number of benzene rings is 2. The number of hydrogen-bond acceptors (Lipinski definition) is 2. The van der Waals surface area contributed by atoms with Crippen molar-refractivity contribution in [3.05, 3.63) is 159 Å². The van der Waals surface area contributed by atoms with Crippen molar-refractivity contribution >= 4 is 21.5 Å². The Morgan fingerprint density at radius 3 is 1.11 bits per heavy atom. The predicted molar refractivity (Wildman–Crippen MR) is 136 cm³/mol. The molecular formula is C30H26Cl2Cr2N2. The number of fused-ring (bicyclic) bond motifs is 2. The van der Waals surface area contributed by atoms with Gasteiger partial charge in [-0.05, 0) is 0 Å². The fraction of sp³-hybridized carbons (Fsp3) is 0. The third-order valence-electron chi connectivity index (χ3n) is 4.55. The average molecular weight is 589 g/mol. The predicted octanol–water partition coefficient (Wildman–Crippen LogP) is 1.65. The molecule has 6 heteroatoms. The standard InChI is InChI=1S/2C9H7.2C6H6N.2ClH.2Cr/c2*1-2-5-9-7-3-6-8(9)4-1;2*1-6-4-2-3-5-7-6;;;;/h2*1-7H;2*2-5H,1H2;2*1H;;/q4*-1;;;2*+3/p-2. The minimum atomic E-state index is 0. The van der Waals surface area contributed by atoms with Crippen LogP contribution in [0.1, 0.15) is 11.4 Å². The molecule has 0 aliphatic rings. The molecule has 2 aromatic heterocycles. The molecular weight excluding hydrogens is 563 g/mol. The van der Waals surface area contributed by atoms with Crippen LogP contribution in [0.25, 0.3) is 21.5 Å². The fourth-order valence-electron chi connectivity index (χ4n) is 2.94. The van der Waals surface area contributed by atoms with E-state index in [9.17, 15) is 0 Å². The van der Waals surface area contributed by atoms with Crippen LogP contribution in [0, 0.1) is 13.8 Å². The van der Waals surface area contributed by atoms with Crippen molar-refractivity contribution in [1.29, 1.82) is 0 Å². The van der Waals surface area contributed by atoms with E-state index in [4.69, 9.17) is 0 Å². The Hall–Kier alpha value is -2.66. The summed E-state index contributed by atoms with van der Waals surface area (Å²) < 4.78 is 0. The van der Waals surface area contributed by atoms with Crippen LogP contribution in [0.2, 0.25) is 0 Å². The van der Waals surface area contributed by atoms with Crippen molar-refractivity contribution in [2.24, 2.45) is 0 Å². The van der Waals surface area contributed by atoms with Crippen LogP contribution in [0.4, 0.5) is 0 Å². The number of rotatable bonds is 0. The molecule has 0 amide bonds. The zero-order valence-electron chi connectivity index (χ0n) is 19.6. The van der Waals surface area contributed by atoms with Crippen LogP contribution in [-0.4, -0.2) is 9.97 Å². The molecule has 4 aromatic carbocycles. The van der Waals surface area contributed by atoms with E-state index in [1.165, 1.54) is 21.5 Å². The zero-order valence-corrected chi connectivity index (χ0v) is 23.6. The molecule has 0 aliphatic heterocycles. The summed E-state index contributed by atoms with van der Waals surface area (Å²) in [6, 6.07) is 40.6. The van der Waals surface area contributed by atoms with Crippen molar-refractivity contribution in [2.45, 2.75) is 0 Å². The molecule has 6 rings (SSSR count). The van der Waals surface area contributed by atoms with E-state index >= 15 is 0 Å². The average Bonchev–Trinajstić information content (AvgIpc) is 3.51. The second kappa shape index (κ2) is 20.5. The van der Waals surface area contributed by atoms with Gasteiger partial charge in [-0.3, -0.25) is 9.97 Å². The molecule has 0 bridgehead atoms. The molecule has 0 fully saturated rings. The molecule has 0 unspecified atom stereocenters. The van der Waals surface area contributed by atoms with Crippen molar-refractivity contribution < 1.29 is 59.5 Å². The second-order valence-electron chi connectivity index (χ2n) is 6.95. The van der Waals surface area contributed by atoms with Gasteiger partial charge in [0.05, 0.1) is 0 Å². The molecule has 2 nitrogen and oxygen atoms in total. The van der Waals surface area contributed by atoms with Crippen LogP contribution < -0.4 is 24.8 Å². The van der Waals surface area contributed by atoms with Crippen LogP contribution in [-0.2, 0) is 34.7 Å². The Kier molecular flexibility index (Phi) is 20.2. The number of nitrogens with zero attached hydrogens (tertiary/aromatic N) is 2. The largest absolute Gasteiger partial charge is 3.00 e. The fourth-order valence-corrected chi connectivity index (χ4v) is 2.94. The van der Waals surface area contributed by atoms with Gasteiger partial charge in [-0.2, -0.15) is 47.2 Å². The van der Waals surface area contributed by atoms with Crippen molar-refractivity contribution in [2.75, 3.05) is 0 Å². The van der Waals surface area contributed by atoms with E-state index < -0.39 is 0 Å². The molecule has 0 N–H and O–H groups in total. The molecule has 36 heavy (non-hydrogen) atoms. The maximum Gasteiger partial charge on any atom is 3.00 e. The summed E-state index contributed by atoms with van der Waals surface area (Å²) in [6.07, 6.45) is 3.45. The van der Waals surface area contributed by atoms with Crippen LogP contribution in [0.5, 0.6) is 0 Å². The Labute approximate surface area is 248 Å². The van der Waals surface area contributed by atoms with Gasteiger partial charge in [0.25, 0.3) is 0 Å². The number of pyridine rings is 2. The van der Waals surface area contributed by atoms with Gasteiger partial charge in [0.2, 0.25) is 0 Å². The Morgan fingerprint density at radius 2 is 0.833 bits per heavy atom. The quantitative estimate of drug-likeness (QED) is 0.252. The molecule has 0 spiro atoms. The van der Waals surface area contributed by atoms with E-state index in [0.29, 0.717) is 0 Å². The zero-order chi connectivity index (χ0) is 22.4. The van der Waals surface area contributed by atoms with Gasteiger partial charge in [-0.25, -0.2) is 13.8 Å². The van der Waals surface area contributed by atoms with Gasteiger partial charge < -0.3 is 24.8 Å². The van der Waals surface area contributed by atoms with Gasteiger partial charge >= 0.3 is 34.7 Å². The minimum absolute atomic E-state index is 0. The van der Waals surface area contributed by atoms with E-state index in [2.05, 4.69) is 109 Å². The number of aromatic nitrogens is 2. The first kappa shape index (κ1) is 35.5. The van der Waals surface area contributed by atoms with Crippen molar-refractivity contribution in [3.8, 4) is 0 Å². The molecule has 0 saturated carbocycles. The SMILES string of the molecule is [CH2-]c1ccccn1.[CH2-]c1ccccn1.[Cl-].[Cl-].[Cr+3].[Cr+3].c1ccc2[cH-]ccc2c1.c1ccc2[cH-]ccc2c1. The van der Waals surface area contributed by atoms with Gasteiger partial charge in [-0.15, -0.1) is 82.8 Å². The monoisotopic (exact) mass is 588 g/mol. The summed E-state index contributed by atoms with van der Waals surface area (Å²) in [5.41, 5.74) is 1.64. The summed E-state index contributed by atoms with van der Waals surface area (Å²) in [5, 5.41) is 5.32. The van der Waals surface area contributed by atoms with Crippen molar-refractivity contribution in [3.63, 3.8) is 0 Å². The third kappa shape index (κ3) is 12.9. The Morgan fingerprint density at radius 1 is 0.472 bits per heavy atom. The number of halogens is 2. The summed E-state index contributed by atoms with van der Waals surface area (Å²) in [6.45, 7) is 7.22. The first-order valence-electron chi connectivity index (χ1n) is 10.4. The van der Waals surface area contributed by atoms with Crippen molar-refractivity contribution in [1.82, 2.24) is 9.97 Å². The molecule has 0 saturated heterocycles. The van der Waals surface area contributed by atoms with Gasteiger partial charge in [0, 0.05) is 12.4 Å². The van der Waals surface area contributed by atoms with Gasteiger partial charge in [0.1, 0.15) is 0 Å². The molecule has 2 heterocycles. The third-order valence-corrected chi connectivity index (χ3v) is 4.55. The van der Waals surface area contributed by atoms with Crippen LogP contribution in [0.15, 0.2) is 134 Å². The summed E-state index contributed by atoms with van der Waals surface area (Å²) in [7, 11) is 0. The molecule has 0 aliphatic carbocycles. The molecule has 0 atom stereocenters. The maximum atomic E-state index is 3.87. The topological polar surface area (TPSA) is 25.8 Å². The van der Waals surface area contributed by atoms with Gasteiger partial charge in [0.15, 0.2) is 0 Å². The Balaban J connectivity index is 0. The summed E-state index contributed by atoms with van der Waals surface area (Å²) in [4.78, 5) is 7.74. The Bertz CT molecular complexity index is 1140. The normalized spacial score (nSPS) is 8.44. The summed E-state index contributed by atoms with van der Waals surface area (Å²) >= 11 is 0. The first-order valence-corrected chi connectivity index (χ1v) is 10.4. The van der Waals surface area contributed by atoms with Gasteiger partial charge in [-0.1, -0.05) is 24.3 Å². The second-order valence-corrected chi connectivity index (χ2v) is 6.95. The maximum absolute atomic E-state index is 3.87. The van der Waals surface area contributed by atoms with E-state index in [-0.39, 0.29) is 59.5 Å². The molecule has 2 radical (unpaired) electrons. The van der Waals surface area contributed by atoms with Crippen LogP contribution >= 0.6 is 0 Å². The van der Waals surface area contributed by atoms with Crippen LogP contribution in [0.3, 0.4) is 0 Å². The first-order chi connectivity index (χ1) is 15.7. The number of hydrogen-bond donors (Lipinski definition) is 0. The van der Waals surface area contributed by atoms with E-state index in [0.717, 1.165) is 11.4 Å². The minimum Gasteiger partial charge on any atom is -1.00 e. The molecule has 182 valence electrons. The smallest absolute Gasteiger partial charge is 1.00 e. The van der Waals surface area contributed by atoms with E-state index in [1.807, 2.05) is 36.4 Å². The van der Waals surface area contributed by atoms with E-state index in [1.54, 1.807) is 12.4 Å². The summed E-state index contributed by atoms with van der Waals surface area (Å²) in [5.74, 6) is 0. The molecule has 6 aromatic rings.